The molecule has 1 saturated heterocycles. The van der Waals surface area contributed by atoms with Crippen molar-refractivity contribution in [3.8, 4) is 17.2 Å². The van der Waals surface area contributed by atoms with Crippen molar-refractivity contribution in [2.45, 2.75) is 0 Å². The second kappa shape index (κ2) is 7.13. The standard InChI is InChI=1S/C18H12N2O6S2/c1-24-13-4-2-10(6-12(13)20(22)23)7-16-17(21)19(18(27)28-16)11-3-5-14-15(8-11)26-9-25-14/h2-8H,9H2,1H3/b16-7+. The summed E-state index contributed by atoms with van der Waals surface area (Å²) in [7, 11) is 1.36. The average Bonchev–Trinajstić information content (AvgIpc) is 3.25. The Kier molecular flexibility index (Phi) is 4.65. The second-order valence-electron chi connectivity index (χ2n) is 5.74. The molecule has 2 heterocycles. The zero-order valence-corrected chi connectivity index (χ0v) is 16.0. The van der Waals surface area contributed by atoms with Gasteiger partial charge in [0, 0.05) is 12.1 Å². The van der Waals surface area contributed by atoms with Gasteiger partial charge in [-0.2, -0.15) is 0 Å². The molecule has 10 heteroatoms. The Labute approximate surface area is 168 Å². The highest BCUT2D eigenvalue weighted by Crippen LogP contribution is 2.41. The number of nitrogens with zero attached hydrogens (tertiary/aromatic N) is 2. The lowest BCUT2D eigenvalue weighted by molar-refractivity contribution is -0.385. The molecular weight excluding hydrogens is 404 g/mol. The molecule has 142 valence electrons. The van der Waals surface area contributed by atoms with Gasteiger partial charge >= 0.3 is 5.69 Å². The van der Waals surface area contributed by atoms with E-state index >= 15 is 0 Å². The van der Waals surface area contributed by atoms with Crippen LogP contribution in [0.2, 0.25) is 0 Å². The van der Waals surface area contributed by atoms with Crippen LogP contribution in [0.5, 0.6) is 17.2 Å². The molecule has 1 amide bonds. The van der Waals surface area contributed by atoms with Gasteiger partial charge in [0.05, 0.1) is 22.6 Å². The predicted molar refractivity (Wildman–Crippen MR) is 108 cm³/mol. The van der Waals surface area contributed by atoms with Gasteiger partial charge in [0.1, 0.15) is 0 Å². The summed E-state index contributed by atoms with van der Waals surface area (Å²) in [5, 5.41) is 11.2. The largest absolute Gasteiger partial charge is 0.490 e. The first-order chi connectivity index (χ1) is 13.5. The number of amides is 1. The molecule has 8 nitrogen and oxygen atoms in total. The van der Waals surface area contributed by atoms with Crippen molar-refractivity contribution >= 4 is 51.7 Å². The van der Waals surface area contributed by atoms with E-state index in [2.05, 4.69) is 0 Å². The van der Waals surface area contributed by atoms with E-state index in [9.17, 15) is 14.9 Å². The minimum atomic E-state index is -0.534. The topological polar surface area (TPSA) is 91.1 Å². The van der Waals surface area contributed by atoms with Crippen LogP contribution in [0.3, 0.4) is 0 Å². The zero-order chi connectivity index (χ0) is 19.8. The number of hydrogen-bond donors (Lipinski definition) is 0. The van der Waals surface area contributed by atoms with Crippen LogP contribution in [0.1, 0.15) is 5.56 Å². The summed E-state index contributed by atoms with van der Waals surface area (Å²) in [5.74, 6) is 0.985. The Morgan fingerprint density at radius 3 is 2.79 bits per heavy atom. The Balaban J connectivity index is 1.66. The summed E-state index contributed by atoms with van der Waals surface area (Å²) in [4.78, 5) is 25.3. The number of methoxy groups -OCH3 is 1. The Hall–Kier alpha value is -3.11. The molecule has 2 aromatic rings. The van der Waals surface area contributed by atoms with Crippen LogP contribution >= 0.6 is 24.0 Å². The summed E-state index contributed by atoms with van der Waals surface area (Å²) in [5.41, 5.74) is 0.886. The summed E-state index contributed by atoms with van der Waals surface area (Å²) in [6.45, 7) is 0.132. The lowest BCUT2D eigenvalue weighted by Crippen LogP contribution is -2.27. The fourth-order valence-electron chi connectivity index (χ4n) is 2.81. The lowest BCUT2D eigenvalue weighted by atomic mass is 10.1. The van der Waals surface area contributed by atoms with E-state index in [1.54, 1.807) is 30.3 Å². The van der Waals surface area contributed by atoms with E-state index in [-0.39, 0.29) is 24.1 Å². The molecule has 2 aromatic carbocycles. The number of thioether (sulfide) groups is 1. The summed E-state index contributed by atoms with van der Waals surface area (Å²) >= 11 is 6.48. The van der Waals surface area contributed by atoms with Crippen LogP contribution in [0.15, 0.2) is 41.3 Å². The number of nitro groups is 1. The molecule has 0 N–H and O–H groups in total. The maximum Gasteiger partial charge on any atom is 0.311 e. The van der Waals surface area contributed by atoms with Gasteiger partial charge in [-0.15, -0.1) is 0 Å². The van der Waals surface area contributed by atoms with E-state index in [4.69, 9.17) is 26.4 Å². The fraction of sp³-hybridized carbons (Fsp3) is 0.111. The van der Waals surface area contributed by atoms with Gasteiger partial charge in [-0.3, -0.25) is 19.8 Å². The van der Waals surface area contributed by atoms with Gasteiger partial charge in [-0.25, -0.2) is 0 Å². The first kappa shape index (κ1) is 18.3. The molecule has 0 aliphatic carbocycles. The molecule has 4 rings (SSSR count). The first-order valence-corrected chi connectivity index (χ1v) is 9.20. The van der Waals surface area contributed by atoms with Crippen molar-refractivity contribution in [3.05, 3.63) is 57.0 Å². The van der Waals surface area contributed by atoms with Crippen molar-refractivity contribution in [1.82, 2.24) is 0 Å². The Morgan fingerprint density at radius 1 is 1.25 bits per heavy atom. The minimum absolute atomic E-state index is 0.132. The summed E-state index contributed by atoms with van der Waals surface area (Å²) < 4.78 is 16.0. The van der Waals surface area contributed by atoms with Crippen molar-refractivity contribution in [2.75, 3.05) is 18.8 Å². The highest BCUT2D eigenvalue weighted by molar-refractivity contribution is 8.27. The third-order valence-electron chi connectivity index (χ3n) is 4.11. The minimum Gasteiger partial charge on any atom is -0.490 e. The van der Waals surface area contributed by atoms with E-state index in [0.717, 1.165) is 11.8 Å². The number of thiocarbonyl (C=S) groups is 1. The molecule has 0 spiro atoms. The monoisotopic (exact) mass is 416 g/mol. The highest BCUT2D eigenvalue weighted by Gasteiger charge is 2.34. The van der Waals surface area contributed by atoms with Crippen LogP contribution in [-0.2, 0) is 4.79 Å². The number of carbonyl (C=O) groups is 1. The van der Waals surface area contributed by atoms with Crippen LogP contribution in [0.4, 0.5) is 11.4 Å². The van der Waals surface area contributed by atoms with E-state index in [1.165, 1.54) is 24.1 Å². The molecular formula is C18H12N2O6S2. The molecule has 1 fully saturated rings. The molecule has 0 unspecified atom stereocenters. The second-order valence-corrected chi connectivity index (χ2v) is 7.42. The van der Waals surface area contributed by atoms with Crippen molar-refractivity contribution in [1.29, 1.82) is 0 Å². The molecule has 0 atom stereocenters. The Morgan fingerprint density at radius 2 is 2.04 bits per heavy atom. The third kappa shape index (κ3) is 3.16. The normalized spacial score (nSPS) is 16.8. The third-order valence-corrected chi connectivity index (χ3v) is 5.41. The predicted octanol–water partition coefficient (Wildman–Crippen LogP) is 3.74. The van der Waals surface area contributed by atoms with Crippen LogP contribution < -0.4 is 19.1 Å². The molecule has 0 saturated carbocycles. The SMILES string of the molecule is COc1ccc(/C=C2/SC(=S)N(c3ccc4c(c3)OCO4)C2=O)cc1[N+](=O)[O-]. The average molecular weight is 416 g/mol. The van der Waals surface area contributed by atoms with E-state index in [0.29, 0.717) is 32.0 Å². The quantitative estimate of drug-likeness (QED) is 0.322. The summed E-state index contributed by atoms with van der Waals surface area (Å²) in [6.07, 6.45) is 1.57. The Bertz CT molecular complexity index is 1050. The van der Waals surface area contributed by atoms with Gasteiger partial charge in [-0.1, -0.05) is 30.0 Å². The maximum atomic E-state index is 12.9. The first-order valence-electron chi connectivity index (χ1n) is 7.98. The highest BCUT2D eigenvalue weighted by atomic mass is 32.2. The summed E-state index contributed by atoms with van der Waals surface area (Å²) in [6, 6.07) is 9.61. The molecule has 2 aliphatic heterocycles. The number of nitro benzene ring substituents is 1. The van der Waals surface area contributed by atoms with Gasteiger partial charge in [-0.05, 0) is 29.8 Å². The molecule has 0 bridgehead atoms. The number of rotatable bonds is 4. The van der Waals surface area contributed by atoms with Crippen LogP contribution in [0.25, 0.3) is 6.08 Å². The number of benzene rings is 2. The van der Waals surface area contributed by atoms with Gasteiger partial charge in [0.2, 0.25) is 6.79 Å². The van der Waals surface area contributed by atoms with Gasteiger partial charge in [0.25, 0.3) is 5.91 Å². The molecule has 2 aliphatic rings. The number of ether oxygens (including phenoxy) is 3. The number of carbonyl (C=O) groups excluding carboxylic acids is 1. The van der Waals surface area contributed by atoms with E-state index < -0.39 is 4.92 Å². The van der Waals surface area contributed by atoms with E-state index in [1.807, 2.05) is 0 Å². The molecule has 0 aromatic heterocycles. The molecule has 28 heavy (non-hydrogen) atoms. The van der Waals surface area contributed by atoms with Crippen molar-refractivity contribution < 1.29 is 23.9 Å². The van der Waals surface area contributed by atoms with Crippen LogP contribution in [0, 0.1) is 10.1 Å². The van der Waals surface area contributed by atoms with Gasteiger partial charge in [0.15, 0.2) is 21.6 Å². The zero-order valence-electron chi connectivity index (χ0n) is 14.4. The molecule has 0 radical (unpaired) electrons. The number of hydrogen-bond acceptors (Lipinski definition) is 8. The number of anilines is 1. The van der Waals surface area contributed by atoms with Crippen LogP contribution in [-0.4, -0.2) is 29.1 Å². The van der Waals surface area contributed by atoms with Gasteiger partial charge < -0.3 is 14.2 Å². The van der Waals surface area contributed by atoms with Crippen molar-refractivity contribution in [2.24, 2.45) is 0 Å². The smallest absolute Gasteiger partial charge is 0.311 e. The fourth-order valence-corrected chi connectivity index (χ4v) is 4.10. The lowest BCUT2D eigenvalue weighted by Gasteiger charge is -2.14. The maximum absolute atomic E-state index is 12.9. The number of fused-ring (bicyclic) bond motifs is 1. The van der Waals surface area contributed by atoms with Crippen molar-refractivity contribution in [3.63, 3.8) is 0 Å².